The van der Waals surface area contributed by atoms with E-state index in [-0.39, 0.29) is 11.6 Å². The van der Waals surface area contributed by atoms with Crippen LogP contribution >= 0.6 is 0 Å². The zero-order valence-electron chi connectivity index (χ0n) is 10.6. The third-order valence-electron chi connectivity index (χ3n) is 2.34. The molecule has 0 spiro atoms. The molecule has 2 rings (SSSR count). The van der Waals surface area contributed by atoms with Crippen LogP contribution in [0.1, 0.15) is 17.4 Å². The summed E-state index contributed by atoms with van der Waals surface area (Å²) in [4.78, 5) is 3.91. The Morgan fingerprint density at radius 1 is 1.26 bits per heavy atom. The average Bonchev–Trinajstić information content (AvgIpc) is 2.97. The van der Waals surface area contributed by atoms with Crippen molar-refractivity contribution >= 4 is 10.0 Å². The molecule has 0 unspecified atom stereocenters. The fraction of sp³-hybridized carbons (Fsp3) is 0.364. The highest BCUT2D eigenvalue weighted by atomic mass is 32.2. The van der Waals surface area contributed by atoms with Crippen LogP contribution < -0.4 is 10.0 Å². The molecule has 104 valence electrons. The summed E-state index contributed by atoms with van der Waals surface area (Å²) < 4.78 is 36.6. The van der Waals surface area contributed by atoms with E-state index < -0.39 is 10.0 Å². The van der Waals surface area contributed by atoms with E-state index in [1.165, 1.54) is 12.3 Å². The Morgan fingerprint density at radius 2 is 2.05 bits per heavy atom. The first-order chi connectivity index (χ1) is 9.01. The monoisotopic (exact) mass is 285 g/mol. The van der Waals surface area contributed by atoms with Gasteiger partial charge in [-0.15, -0.1) is 0 Å². The second kappa shape index (κ2) is 5.55. The minimum atomic E-state index is -3.69. The summed E-state index contributed by atoms with van der Waals surface area (Å²) in [6.07, 6.45) is 1.53. The van der Waals surface area contributed by atoms with Gasteiger partial charge in [-0.2, -0.15) is 4.72 Å². The summed E-state index contributed by atoms with van der Waals surface area (Å²) in [5.74, 6) is 1.49. The molecule has 0 aliphatic carbocycles. The van der Waals surface area contributed by atoms with E-state index in [2.05, 4.69) is 15.0 Å². The number of sulfonamides is 1. The van der Waals surface area contributed by atoms with Crippen LogP contribution in [0, 0.1) is 6.92 Å². The van der Waals surface area contributed by atoms with Gasteiger partial charge in [0.05, 0.1) is 19.3 Å². The normalized spacial score (nSPS) is 11.9. The molecule has 0 aliphatic rings. The first kappa shape index (κ1) is 13.8. The highest BCUT2D eigenvalue weighted by Crippen LogP contribution is 2.14. The van der Waals surface area contributed by atoms with Gasteiger partial charge < -0.3 is 14.2 Å². The van der Waals surface area contributed by atoms with Crippen LogP contribution in [0.15, 0.2) is 32.3 Å². The van der Waals surface area contributed by atoms with E-state index in [1.807, 2.05) is 0 Å². The quantitative estimate of drug-likeness (QED) is 0.813. The van der Waals surface area contributed by atoms with Crippen molar-refractivity contribution in [3.8, 4) is 0 Å². The molecule has 2 heterocycles. The number of nitrogens with one attached hydrogen (secondary N) is 2. The molecule has 0 amide bonds. The second-order valence-corrected chi connectivity index (χ2v) is 5.64. The van der Waals surface area contributed by atoms with Gasteiger partial charge in [0, 0.05) is 0 Å². The molecule has 2 aromatic rings. The summed E-state index contributed by atoms with van der Waals surface area (Å²) in [5.41, 5.74) is 0. The van der Waals surface area contributed by atoms with E-state index in [4.69, 9.17) is 8.83 Å². The van der Waals surface area contributed by atoms with Crippen LogP contribution in [0.5, 0.6) is 0 Å². The van der Waals surface area contributed by atoms with Crippen LogP contribution in [0.4, 0.5) is 0 Å². The van der Waals surface area contributed by atoms with E-state index in [0.717, 1.165) is 0 Å². The van der Waals surface area contributed by atoms with Gasteiger partial charge in [0.1, 0.15) is 11.5 Å². The standard InChI is InChI=1S/C11H15N3O4S/c1-8-5-13-10(17-8)7-14-19(15,16)11-4-3-9(18-11)6-12-2/h3-5,12,14H,6-7H2,1-2H3. The molecular weight excluding hydrogens is 270 g/mol. The van der Waals surface area contributed by atoms with Crippen molar-refractivity contribution in [3.63, 3.8) is 0 Å². The predicted molar refractivity (Wildman–Crippen MR) is 66.7 cm³/mol. The highest BCUT2D eigenvalue weighted by molar-refractivity contribution is 7.89. The molecule has 2 N–H and O–H groups in total. The van der Waals surface area contributed by atoms with Crippen LogP contribution in [0.25, 0.3) is 0 Å². The molecule has 0 bridgehead atoms. The molecule has 7 nitrogen and oxygen atoms in total. The Bertz CT molecular complexity index is 644. The van der Waals surface area contributed by atoms with Gasteiger partial charge in [-0.25, -0.2) is 13.4 Å². The zero-order chi connectivity index (χ0) is 13.9. The van der Waals surface area contributed by atoms with Gasteiger partial charge in [-0.1, -0.05) is 0 Å². The number of hydrogen-bond acceptors (Lipinski definition) is 6. The first-order valence-electron chi connectivity index (χ1n) is 5.65. The Morgan fingerprint density at radius 3 is 2.68 bits per heavy atom. The van der Waals surface area contributed by atoms with Gasteiger partial charge in [-0.3, -0.25) is 0 Å². The molecule has 0 aromatic carbocycles. The summed E-state index contributed by atoms with van der Waals surface area (Å²) in [6.45, 7) is 2.19. The number of oxazole rings is 1. The molecule has 0 saturated carbocycles. The number of furan rings is 1. The summed E-state index contributed by atoms with van der Waals surface area (Å²) in [6, 6.07) is 3.02. The van der Waals surface area contributed by atoms with E-state index >= 15 is 0 Å². The maximum Gasteiger partial charge on any atom is 0.274 e. The SMILES string of the molecule is CNCc1ccc(S(=O)(=O)NCc2ncc(C)o2)o1. The third kappa shape index (κ3) is 3.43. The largest absolute Gasteiger partial charge is 0.447 e. The predicted octanol–water partition coefficient (Wildman–Crippen LogP) is 0.774. The lowest BCUT2D eigenvalue weighted by molar-refractivity contribution is 0.402. The lowest BCUT2D eigenvalue weighted by atomic mass is 10.4. The van der Waals surface area contributed by atoms with Gasteiger partial charge in [0.15, 0.2) is 0 Å². The third-order valence-corrected chi connectivity index (χ3v) is 3.61. The number of hydrogen-bond donors (Lipinski definition) is 2. The van der Waals surface area contributed by atoms with Crippen molar-refractivity contribution in [1.29, 1.82) is 0 Å². The van der Waals surface area contributed by atoms with Gasteiger partial charge in [0.25, 0.3) is 10.0 Å². The molecule has 0 fully saturated rings. The summed E-state index contributed by atoms with van der Waals surface area (Å²) in [5, 5.41) is 2.75. The van der Waals surface area contributed by atoms with Crippen LogP contribution in [0.2, 0.25) is 0 Å². The maximum atomic E-state index is 11.9. The van der Waals surface area contributed by atoms with Crippen molar-refractivity contribution in [2.45, 2.75) is 25.1 Å². The Kier molecular flexibility index (Phi) is 4.03. The summed E-state index contributed by atoms with van der Waals surface area (Å²) in [7, 11) is -1.94. The lowest BCUT2D eigenvalue weighted by Crippen LogP contribution is -2.23. The maximum absolute atomic E-state index is 11.9. The zero-order valence-corrected chi connectivity index (χ0v) is 11.5. The van der Waals surface area contributed by atoms with Crippen molar-refractivity contribution in [3.05, 3.63) is 35.7 Å². The molecule has 0 radical (unpaired) electrons. The minimum Gasteiger partial charge on any atom is -0.447 e. The van der Waals surface area contributed by atoms with Gasteiger partial charge >= 0.3 is 0 Å². The van der Waals surface area contributed by atoms with Crippen molar-refractivity contribution in [2.24, 2.45) is 0 Å². The molecule has 8 heteroatoms. The van der Waals surface area contributed by atoms with Crippen LogP contribution in [-0.4, -0.2) is 20.4 Å². The number of rotatable bonds is 6. The molecule has 0 aliphatic heterocycles. The molecule has 2 aromatic heterocycles. The van der Waals surface area contributed by atoms with Crippen molar-refractivity contribution < 1.29 is 17.3 Å². The fourth-order valence-corrected chi connectivity index (χ4v) is 2.40. The highest BCUT2D eigenvalue weighted by Gasteiger charge is 2.19. The average molecular weight is 285 g/mol. The van der Waals surface area contributed by atoms with E-state index in [1.54, 1.807) is 20.0 Å². The van der Waals surface area contributed by atoms with Gasteiger partial charge in [-0.05, 0) is 26.1 Å². The minimum absolute atomic E-state index is 0.0156. The lowest BCUT2D eigenvalue weighted by Gasteiger charge is -2.01. The van der Waals surface area contributed by atoms with E-state index in [0.29, 0.717) is 24.0 Å². The van der Waals surface area contributed by atoms with Crippen LogP contribution in [-0.2, 0) is 23.1 Å². The van der Waals surface area contributed by atoms with Crippen LogP contribution in [0.3, 0.4) is 0 Å². The Labute approximate surface area is 111 Å². The Balaban J connectivity index is 2.04. The number of aromatic nitrogens is 1. The number of nitrogens with zero attached hydrogens (tertiary/aromatic N) is 1. The number of aryl methyl sites for hydroxylation is 1. The van der Waals surface area contributed by atoms with Crippen molar-refractivity contribution in [2.75, 3.05) is 7.05 Å². The van der Waals surface area contributed by atoms with E-state index in [9.17, 15) is 8.42 Å². The second-order valence-electron chi connectivity index (χ2n) is 3.94. The fourth-order valence-electron chi connectivity index (χ4n) is 1.48. The van der Waals surface area contributed by atoms with Crippen molar-refractivity contribution in [1.82, 2.24) is 15.0 Å². The van der Waals surface area contributed by atoms with Gasteiger partial charge in [0.2, 0.25) is 11.0 Å². The summed E-state index contributed by atoms with van der Waals surface area (Å²) >= 11 is 0. The topological polar surface area (TPSA) is 97.4 Å². The molecule has 0 atom stereocenters. The molecule has 19 heavy (non-hydrogen) atoms. The first-order valence-corrected chi connectivity index (χ1v) is 7.14. The molecular formula is C11H15N3O4S. The smallest absolute Gasteiger partial charge is 0.274 e. The Hall–Kier alpha value is -1.64. The molecule has 0 saturated heterocycles.